The molecule has 1 unspecified atom stereocenters. The second kappa shape index (κ2) is 9.12. The molecule has 1 N–H and O–H groups in total. The lowest BCUT2D eigenvalue weighted by atomic mass is 10.2. The van der Waals surface area contributed by atoms with Crippen LogP contribution in [0.5, 0.6) is 5.75 Å². The minimum Gasteiger partial charge on any atom is -0.494 e. The lowest BCUT2D eigenvalue weighted by Gasteiger charge is -2.25. The molecule has 2 rings (SSSR count). The van der Waals surface area contributed by atoms with Crippen LogP contribution in [0.15, 0.2) is 29.3 Å². The first-order valence-corrected chi connectivity index (χ1v) is 8.76. The predicted octanol–water partition coefficient (Wildman–Crippen LogP) is 2.73. The molecule has 0 saturated carbocycles. The van der Waals surface area contributed by atoms with Crippen molar-refractivity contribution in [2.24, 2.45) is 4.99 Å². The predicted molar refractivity (Wildman–Crippen MR) is 96.5 cm³/mol. The number of nitrogens with zero attached hydrogens (tertiary/aromatic N) is 3. The van der Waals surface area contributed by atoms with E-state index in [1.54, 1.807) is 7.05 Å². The average Bonchev–Trinajstić information content (AvgIpc) is 2.99. The van der Waals surface area contributed by atoms with Crippen molar-refractivity contribution < 1.29 is 17.9 Å². The topological polar surface area (TPSA) is 40.1 Å². The SMILES string of the molecule is CCOc1ccc(CN(C)C(=NC)NC2CCN(CC(F)(F)F)C2)cc1. The first kappa shape index (κ1) is 20.4. The van der Waals surface area contributed by atoms with Crippen LogP contribution in [0.3, 0.4) is 0 Å². The van der Waals surface area contributed by atoms with Gasteiger partial charge in [0.2, 0.25) is 0 Å². The Labute approximate surface area is 152 Å². The molecule has 0 aliphatic carbocycles. The highest BCUT2D eigenvalue weighted by atomic mass is 19.4. The zero-order valence-corrected chi connectivity index (χ0v) is 15.5. The van der Waals surface area contributed by atoms with Gasteiger partial charge in [-0.1, -0.05) is 12.1 Å². The molecule has 0 radical (unpaired) electrons. The van der Waals surface area contributed by atoms with Gasteiger partial charge < -0.3 is 15.0 Å². The Bertz CT molecular complexity index is 589. The zero-order chi connectivity index (χ0) is 19.2. The van der Waals surface area contributed by atoms with Gasteiger partial charge in [0.1, 0.15) is 5.75 Å². The van der Waals surface area contributed by atoms with Gasteiger partial charge in [-0.2, -0.15) is 13.2 Å². The lowest BCUT2D eigenvalue weighted by molar-refractivity contribution is -0.143. The van der Waals surface area contributed by atoms with E-state index < -0.39 is 12.7 Å². The summed E-state index contributed by atoms with van der Waals surface area (Å²) in [5, 5.41) is 3.28. The number of benzene rings is 1. The van der Waals surface area contributed by atoms with Crippen molar-refractivity contribution >= 4 is 5.96 Å². The molecule has 146 valence electrons. The summed E-state index contributed by atoms with van der Waals surface area (Å²) >= 11 is 0. The molecular weight excluding hydrogens is 345 g/mol. The fourth-order valence-electron chi connectivity index (χ4n) is 3.08. The number of likely N-dealkylation sites (tertiary alicyclic amines) is 1. The number of hydrogen-bond acceptors (Lipinski definition) is 3. The van der Waals surface area contributed by atoms with Gasteiger partial charge in [0.05, 0.1) is 13.2 Å². The molecule has 1 fully saturated rings. The molecule has 0 amide bonds. The number of rotatable bonds is 6. The van der Waals surface area contributed by atoms with E-state index in [0.717, 1.165) is 11.3 Å². The lowest BCUT2D eigenvalue weighted by Crippen LogP contribution is -2.45. The van der Waals surface area contributed by atoms with E-state index in [-0.39, 0.29) is 6.04 Å². The van der Waals surface area contributed by atoms with Gasteiger partial charge in [0.15, 0.2) is 5.96 Å². The van der Waals surface area contributed by atoms with Crippen molar-refractivity contribution in [3.8, 4) is 5.75 Å². The third-order valence-electron chi connectivity index (χ3n) is 4.24. The fraction of sp³-hybridized carbons (Fsp3) is 0.611. The standard InChI is InChI=1S/C18H27F3N4O/c1-4-26-16-7-5-14(6-8-16)11-24(3)17(22-2)23-15-9-10-25(12-15)13-18(19,20)21/h5-8,15H,4,9-13H2,1-3H3,(H,22,23). The molecule has 1 saturated heterocycles. The molecule has 1 atom stereocenters. The summed E-state index contributed by atoms with van der Waals surface area (Å²) in [7, 11) is 3.59. The second-order valence-corrected chi connectivity index (χ2v) is 6.46. The van der Waals surface area contributed by atoms with Crippen molar-refractivity contribution in [2.45, 2.75) is 32.1 Å². The summed E-state index contributed by atoms with van der Waals surface area (Å²) in [6, 6.07) is 7.81. The van der Waals surface area contributed by atoms with Crippen molar-refractivity contribution in [3.05, 3.63) is 29.8 Å². The molecule has 1 aliphatic rings. The monoisotopic (exact) mass is 372 g/mol. The molecule has 5 nitrogen and oxygen atoms in total. The Morgan fingerprint density at radius 3 is 2.62 bits per heavy atom. The van der Waals surface area contributed by atoms with Gasteiger partial charge in [0.25, 0.3) is 0 Å². The molecule has 1 aromatic rings. The maximum absolute atomic E-state index is 12.5. The Hall–Kier alpha value is -1.96. The van der Waals surface area contributed by atoms with E-state index in [0.29, 0.717) is 38.6 Å². The van der Waals surface area contributed by atoms with Crippen LogP contribution in [0, 0.1) is 0 Å². The van der Waals surface area contributed by atoms with Gasteiger partial charge in [0, 0.05) is 39.8 Å². The van der Waals surface area contributed by atoms with E-state index in [2.05, 4.69) is 10.3 Å². The minimum atomic E-state index is -4.15. The summed E-state index contributed by atoms with van der Waals surface area (Å²) in [6.07, 6.45) is -3.48. The molecule has 1 heterocycles. The summed E-state index contributed by atoms with van der Waals surface area (Å²) in [6.45, 7) is 3.17. The van der Waals surface area contributed by atoms with Crippen LogP contribution in [-0.4, -0.2) is 68.3 Å². The maximum Gasteiger partial charge on any atom is 0.401 e. The van der Waals surface area contributed by atoms with Crippen LogP contribution in [-0.2, 0) is 6.54 Å². The number of halogens is 3. The summed E-state index contributed by atoms with van der Waals surface area (Å²) < 4.78 is 43.0. The van der Waals surface area contributed by atoms with E-state index in [1.165, 1.54) is 4.90 Å². The molecular formula is C18H27F3N4O. The number of guanidine groups is 1. The van der Waals surface area contributed by atoms with Crippen LogP contribution in [0.25, 0.3) is 0 Å². The third-order valence-corrected chi connectivity index (χ3v) is 4.24. The van der Waals surface area contributed by atoms with Crippen LogP contribution < -0.4 is 10.1 Å². The Morgan fingerprint density at radius 1 is 1.35 bits per heavy atom. The number of nitrogens with one attached hydrogen (secondary N) is 1. The van der Waals surface area contributed by atoms with E-state index in [4.69, 9.17) is 4.74 Å². The summed E-state index contributed by atoms with van der Waals surface area (Å²) in [4.78, 5) is 7.65. The van der Waals surface area contributed by atoms with Crippen molar-refractivity contribution in [1.82, 2.24) is 15.1 Å². The summed E-state index contributed by atoms with van der Waals surface area (Å²) in [5.74, 6) is 1.51. The number of alkyl halides is 3. The van der Waals surface area contributed by atoms with E-state index >= 15 is 0 Å². The van der Waals surface area contributed by atoms with Crippen molar-refractivity contribution in [2.75, 3.05) is 40.3 Å². The molecule has 0 bridgehead atoms. The van der Waals surface area contributed by atoms with Crippen LogP contribution in [0.1, 0.15) is 18.9 Å². The highest BCUT2D eigenvalue weighted by Gasteiger charge is 2.34. The van der Waals surface area contributed by atoms with Crippen molar-refractivity contribution in [3.63, 3.8) is 0 Å². The summed E-state index contributed by atoms with van der Waals surface area (Å²) in [5.41, 5.74) is 1.10. The van der Waals surface area contributed by atoms with Crippen LogP contribution in [0.2, 0.25) is 0 Å². The molecule has 1 aliphatic heterocycles. The maximum atomic E-state index is 12.5. The van der Waals surface area contributed by atoms with Crippen LogP contribution >= 0.6 is 0 Å². The van der Waals surface area contributed by atoms with Gasteiger partial charge >= 0.3 is 6.18 Å². The average molecular weight is 372 g/mol. The van der Waals surface area contributed by atoms with Crippen molar-refractivity contribution in [1.29, 1.82) is 0 Å². The second-order valence-electron chi connectivity index (χ2n) is 6.46. The van der Waals surface area contributed by atoms with Gasteiger partial charge in [-0.05, 0) is 31.0 Å². The largest absolute Gasteiger partial charge is 0.494 e. The first-order valence-electron chi connectivity index (χ1n) is 8.76. The molecule has 26 heavy (non-hydrogen) atoms. The van der Waals surface area contributed by atoms with Gasteiger partial charge in [-0.15, -0.1) is 0 Å². The molecule has 0 aromatic heterocycles. The van der Waals surface area contributed by atoms with Gasteiger partial charge in [-0.25, -0.2) is 0 Å². The highest BCUT2D eigenvalue weighted by Crippen LogP contribution is 2.20. The number of hydrogen-bond donors (Lipinski definition) is 1. The molecule has 8 heteroatoms. The van der Waals surface area contributed by atoms with E-state index in [9.17, 15) is 13.2 Å². The molecule has 1 aromatic carbocycles. The Balaban J connectivity index is 1.86. The quantitative estimate of drug-likeness (QED) is 0.616. The fourth-order valence-corrected chi connectivity index (χ4v) is 3.08. The highest BCUT2D eigenvalue weighted by molar-refractivity contribution is 5.80. The zero-order valence-electron chi connectivity index (χ0n) is 15.5. The molecule has 0 spiro atoms. The first-order chi connectivity index (χ1) is 12.3. The third kappa shape index (κ3) is 6.40. The number of ether oxygens (including phenoxy) is 1. The normalized spacial score (nSPS) is 18.8. The van der Waals surface area contributed by atoms with Crippen LogP contribution in [0.4, 0.5) is 13.2 Å². The Morgan fingerprint density at radius 2 is 2.04 bits per heavy atom. The minimum absolute atomic E-state index is 0.0289. The smallest absolute Gasteiger partial charge is 0.401 e. The van der Waals surface area contributed by atoms with E-state index in [1.807, 2.05) is 43.1 Å². The van der Waals surface area contributed by atoms with Gasteiger partial charge in [-0.3, -0.25) is 9.89 Å². The Kier molecular flexibility index (Phi) is 7.14. The number of aliphatic imine (C=N–C) groups is 1.